The molecule has 0 aliphatic carbocycles. The van der Waals surface area contributed by atoms with E-state index in [4.69, 9.17) is 0 Å². The van der Waals surface area contributed by atoms with Crippen molar-refractivity contribution < 1.29 is 9.59 Å². The van der Waals surface area contributed by atoms with Crippen LogP contribution in [0, 0.1) is 0 Å². The first-order valence-electron chi connectivity index (χ1n) is 8.14. The summed E-state index contributed by atoms with van der Waals surface area (Å²) in [6.07, 6.45) is 3.64. The number of fused-ring (bicyclic) bond motifs is 1. The van der Waals surface area contributed by atoms with Crippen molar-refractivity contribution in [2.75, 3.05) is 19.6 Å². The number of carbonyl (C=O) groups excluding carboxylic acids is 2. The van der Waals surface area contributed by atoms with Crippen LogP contribution in [0.4, 0.5) is 0 Å². The molecule has 2 amide bonds. The molecule has 0 saturated carbocycles. The number of benzene rings is 1. The van der Waals surface area contributed by atoms with Gasteiger partial charge in [0.1, 0.15) is 6.54 Å². The van der Waals surface area contributed by atoms with Crippen molar-refractivity contribution in [3.63, 3.8) is 0 Å². The number of likely N-dealkylation sites (tertiary alicyclic amines) is 1. The van der Waals surface area contributed by atoms with E-state index in [0.29, 0.717) is 23.9 Å². The van der Waals surface area contributed by atoms with Crippen molar-refractivity contribution in [1.82, 2.24) is 20.0 Å². The van der Waals surface area contributed by atoms with Crippen molar-refractivity contribution >= 4 is 22.7 Å². The number of hydrogen-bond donors (Lipinski definition) is 1. The Hall–Kier alpha value is -2.70. The van der Waals surface area contributed by atoms with E-state index >= 15 is 0 Å². The molecule has 0 atom stereocenters. The van der Waals surface area contributed by atoms with Gasteiger partial charge in [0.2, 0.25) is 17.2 Å². The Morgan fingerprint density at radius 2 is 1.92 bits per heavy atom. The maximum atomic E-state index is 12.1. The lowest BCUT2D eigenvalue weighted by molar-refractivity contribution is -0.130. The molecule has 7 heteroatoms. The van der Waals surface area contributed by atoms with Gasteiger partial charge in [-0.2, -0.15) is 5.10 Å². The highest BCUT2D eigenvalue weighted by Gasteiger charge is 2.17. The van der Waals surface area contributed by atoms with Crippen molar-refractivity contribution in [3.05, 3.63) is 40.7 Å². The number of amides is 2. The van der Waals surface area contributed by atoms with Crippen molar-refractivity contribution in [1.29, 1.82) is 0 Å². The van der Waals surface area contributed by atoms with Gasteiger partial charge in [0.25, 0.3) is 0 Å². The fourth-order valence-corrected chi connectivity index (χ4v) is 2.91. The number of carbonyl (C=O) groups is 2. The number of hydrogen-bond acceptors (Lipinski definition) is 4. The molecule has 2 aromatic rings. The molecule has 1 N–H and O–H groups in total. The molecular weight excluding hydrogens is 308 g/mol. The van der Waals surface area contributed by atoms with Gasteiger partial charge in [-0.3, -0.25) is 19.1 Å². The van der Waals surface area contributed by atoms with Crippen LogP contribution in [0.2, 0.25) is 0 Å². The second-order valence-corrected chi connectivity index (χ2v) is 5.87. The summed E-state index contributed by atoms with van der Waals surface area (Å²) in [5.74, 6) is -0.148. The van der Waals surface area contributed by atoms with E-state index in [0.717, 1.165) is 25.9 Å². The predicted molar refractivity (Wildman–Crippen MR) is 89.4 cm³/mol. The third-order valence-corrected chi connectivity index (χ3v) is 4.18. The quantitative estimate of drug-likeness (QED) is 0.867. The molecule has 7 nitrogen and oxygen atoms in total. The average Bonchev–Trinajstić information content (AvgIpc) is 3.12. The van der Waals surface area contributed by atoms with E-state index in [1.54, 1.807) is 24.3 Å². The Morgan fingerprint density at radius 3 is 2.71 bits per heavy atom. The highest BCUT2D eigenvalue weighted by atomic mass is 16.2. The lowest BCUT2D eigenvalue weighted by atomic mass is 10.2. The van der Waals surface area contributed by atoms with Crippen LogP contribution < -0.4 is 10.7 Å². The Balaban J connectivity index is 1.56. The fourth-order valence-electron chi connectivity index (χ4n) is 2.91. The maximum absolute atomic E-state index is 12.1. The molecule has 1 saturated heterocycles. The molecule has 3 rings (SSSR count). The topological polar surface area (TPSA) is 84.3 Å². The normalized spacial score (nSPS) is 14.1. The second kappa shape index (κ2) is 7.25. The molecule has 1 aliphatic rings. The molecule has 126 valence electrons. The van der Waals surface area contributed by atoms with Crippen LogP contribution in [-0.4, -0.2) is 46.1 Å². The summed E-state index contributed by atoms with van der Waals surface area (Å²) in [6, 6.07) is 7.04. The Bertz CT molecular complexity index is 809. The number of aromatic nitrogens is 2. The van der Waals surface area contributed by atoms with Gasteiger partial charge in [-0.05, 0) is 25.0 Å². The summed E-state index contributed by atoms with van der Waals surface area (Å²) in [7, 11) is 0. The average molecular weight is 328 g/mol. The minimum atomic E-state index is -0.231. The first-order chi connectivity index (χ1) is 11.6. The van der Waals surface area contributed by atoms with Gasteiger partial charge >= 0.3 is 0 Å². The van der Waals surface area contributed by atoms with Gasteiger partial charge in [0.05, 0.1) is 11.7 Å². The van der Waals surface area contributed by atoms with Crippen molar-refractivity contribution in [2.24, 2.45) is 0 Å². The smallest absolute Gasteiger partial charge is 0.241 e. The molecule has 2 heterocycles. The summed E-state index contributed by atoms with van der Waals surface area (Å²) in [6.45, 7) is 1.96. The first kappa shape index (κ1) is 16.2. The molecule has 0 bridgehead atoms. The monoisotopic (exact) mass is 328 g/mol. The Morgan fingerprint density at radius 1 is 1.17 bits per heavy atom. The van der Waals surface area contributed by atoms with Crippen LogP contribution in [-0.2, 0) is 16.1 Å². The van der Waals surface area contributed by atoms with Gasteiger partial charge in [0.15, 0.2) is 0 Å². The largest absolute Gasteiger partial charge is 0.354 e. The highest BCUT2D eigenvalue weighted by Crippen LogP contribution is 2.09. The van der Waals surface area contributed by atoms with Crippen molar-refractivity contribution in [3.8, 4) is 0 Å². The van der Waals surface area contributed by atoms with E-state index < -0.39 is 0 Å². The first-order valence-corrected chi connectivity index (χ1v) is 8.14. The molecule has 0 radical (unpaired) electrons. The number of para-hydroxylation sites is 1. The van der Waals surface area contributed by atoms with Crippen LogP contribution in [0.1, 0.15) is 19.3 Å². The molecule has 1 aromatic heterocycles. The van der Waals surface area contributed by atoms with Crippen molar-refractivity contribution in [2.45, 2.75) is 25.8 Å². The lowest BCUT2D eigenvalue weighted by Gasteiger charge is -2.15. The zero-order valence-electron chi connectivity index (χ0n) is 13.4. The van der Waals surface area contributed by atoms with Gasteiger partial charge < -0.3 is 10.2 Å². The van der Waals surface area contributed by atoms with Crippen LogP contribution in [0.15, 0.2) is 35.3 Å². The minimum Gasteiger partial charge on any atom is -0.354 e. The molecule has 1 aliphatic heterocycles. The van der Waals surface area contributed by atoms with E-state index in [1.807, 2.05) is 4.90 Å². The third-order valence-electron chi connectivity index (χ3n) is 4.18. The lowest BCUT2D eigenvalue weighted by Crippen LogP contribution is -2.34. The summed E-state index contributed by atoms with van der Waals surface area (Å²) in [5.41, 5.74) is 0.451. The van der Waals surface area contributed by atoms with E-state index in [1.165, 1.54) is 10.9 Å². The van der Waals surface area contributed by atoms with E-state index in [-0.39, 0.29) is 23.8 Å². The summed E-state index contributed by atoms with van der Waals surface area (Å²) in [4.78, 5) is 37.6. The van der Waals surface area contributed by atoms with Crippen LogP contribution in [0.5, 0.6) is 0 Å². The zero-order valence-corrected chi connectivity index (χ0v) is 13.4. The summed E-state index contributed by atoms with van der Waals surface area (Å²) >= 11 is 0. The molecular formula is C17H20N4O3. The molecule has 24 heavy (non-hydrogen) atoms. The number of nitrogens with one attached hydrogen (secondary N) is 1. The molecule has 1 fully saturated rings. The molecule has 0 spiro atoms. The predicted octanol–water partition coefficient (Wildman–Crippen LogP) is 0.525. The van der Waals surface area contributed by atoms with Gasteiger partial charge in [-0.1, -0.05) is 12.1 Å². The van der Waals surface area contributed by atoms with E-state index in [2.05, 4.69) is 10.4 Å². The third kappa shape index (κ3) is 3.61. The standard InChI is InChI=1S/C17H20N4O3/c22-15-11-19-21(14-6-2-1-5-13(14)15)12-16(23)18-8-7-17(24)20-9-3-4-10-20/h1-2,5-6,11H,3-4,7-10,12H2,(H,18,23). The van der Waals surface area contributed by atoms with Gasteiger partial charge in [0, 0.05) is 31.4 Å². The zero-order chi connectivity index (χ0) is 16.9. The SMILES string of the molecule is O=C(Cn1ncc(=O)c2ccccc21)NCCC(=O)N1CCCC1. The summed E-state index contributed by atoms with van der Waals surface area (Å²) in [5, 5.41) is 7.29. The Kier molecular flexibility index (Phi) is 4.88. The number of nitrogens with zero attached hydrogens (tertiary/aromatic N) is 3. The fraction of sp³-hybridized carbons (Fsp3) is 0.412. The highest BCUT2D eigenvalue weighted by molar-refractivity contribution is 5.82. The Labute approximate surface area is 139 Å². The second-order valence-electron chi connectivity index (χ2n) is 5.87. The maximum Gasteiger partial charge on any atom is 0.241 e. The summed E-state index contributed by atoms with van der Waals surface area (Å²) < 4.78 is 1.49. The van der Waals surface area contributed by atoms with Crippen LogP contribution in [0.25, 0.3) is 10.9 Å². The number of rotatable bonds is 5. The molecule has 1 aromatic carbocycles. The van der Waals surface area contributed by atoms with Crippen LogP contribution >= 0.6 is 0 Å². The molecule has 0 unspecified atom stereocenters. The van der Waals surface area contributed by atoms with Crippen LogP contribution in [0.3, 0.4) is 0 Å². The van der Waals surface area contributed by atoms with E-state index in [9.17, 15) is 14.4 Å². The van der Waals surface area contributed by atoms with Gasteiger partial charge in [-0.25, -0.2) is 0 Å². The minimum absolute atomic E-state index is 0.0126. The van der Waals surface area contributed by atoms with Gasteiger partial charge in [-0.15, -0.1) is 0 Å².